The van der Waals surface area contributed by atoms with Crippen molar-refractivity contribution >= 4 is 42.9 Å². The number of imidazole rings is 1. The highest BCUT2D eigenvalue weighted by Crippen LogP contribution is 2.31. The number of hydrogen-bond donors (Lipinski definition) is 3. The minimum atomic E-state index is -0.653. The van der Waals surface area contributed by atoms with Gasteiger partial charge in [-0.25, -0.2) is 9.18 Å². The Labute approximate surface area is 135 Å². The lowest BCUT2D eigenvalue weighted by Gasteiger charge is -2.16. The summed E-state index contributed by atoms with van der Waals surface area (Å²) in [5, 5.41) is 0. The van der Waals surface area contributed by atoms with E-state index in [1.807, 2.05) is 0 Å². The molecule has 2 aromatic carbocycles. The molecule has 7 heteroatoms. The number of aromatic nitrogens is 2. The Balaban J connectivity index is 2.16. The number of benzene rings is 2. The Bertz CT molecular complexity index is 888. The first kappa shape index (κ1) is 14.5. The van der Waals surface area contributed by atoms with E-state index < -0.39 is 6.04 Å². The molecular weight excluding hydrogens is 405 g/mol. The zero-order valence-electron chi connectivity index (χ0n) is 10.6. The van der Waals surface area contributed by atoms with Crippen LogP contribution in [0.3, 0.4) is 0 Å². The van der Waals surface area contributed by atoms with Crippen LogP contribution in [0.1, 0.15) is 17.2 Å². The Hall–Kier alpha value is -1.44. The van der Waals surface area contributed by atoms with Crippen molar-refractivity contribution in [1.29, 1.82) is 0 Å². The number of hydrogen-bond acceptors (Lipinski definition) is 2. The first-order chi connectivity index (χ1) is 9.95. The van der Waals surface area contributed by atoms with E-state index in [1.165, 1.54) is 6.07 Å². The van der Waals surface area contributed by atoms with Gasteiger partial charge in [-0.1, -0.05) is 31.9 Å². The highest BCUT2D eigenvalue weighted by Gasteiger charge is 2.18. The summed E-state index contributed by atoms with van der Waals surface area (Å²) >= 11 is 6.73. The second kappa shape index (κ2) is 5.40. The van der Waals surface area contributed by atoms with Crippen molar-refractivity contribution in [1.82, 2.24) is 9.97 Å². The number of halogens is 3. The molecule has 21 heavy (non-hydrogen) atoms. The summed E-state index contributed by atoms with van der Waals surface area (Å²) in [4.78, 5) is 16.7. The summed E-state index contributed by atoms with van der Waals surface area (Å²) < 4.78 is 15.4. The van der Waals surface area contributed by atoms with E-state index in [0.717, 1.165) is 4.47 Å². The highest BCUT2D eigenvalue weighted by atomic mass is 79.9. The summed E-state index contributed by atoms with van der Waals surface area (Å²) in [7, 11) is 0. The first-order valence-electron chi connectivity index (χ1n) is 6.07. The fourth-order valence-electron chi connectivity index (χ4n) is 2.23. The fraction of sp³-hybridized carbons (Fsp3) is 0.0714. The second-order valence-corrected chi connectivity index (χ2v) is 6.41. The number of H-pyrrole nitrogens is 2. The second-order valence-electron chi connectivity index (χ2n) is 4.64. The van der Waals surface area contributed by atoms with Crippen LogP contribution in [0.5, 0.6) is 0 Å². The number of aromatic amines is 2. The van der Waals surface area contributed by atoms with Gasteiger partial charge in [-0.05, 0) is 35.9 Å². The third kappa shape index (κ3) is 2.68. The van der Waals surface area contributed by atoms with Gasteiger partial charge in [-0.3, -0.25) is 0 Å². The van der Waals surface area contributed by atoms with E-state index in [0.29, 0.717) is 26.6 Å². The molecule has 0 spiro atoms. The number of rotatable bonds is 2. The standard InChI is InChI=1S/C14H10Br2FN3O/c15-6-1-2-10(17)8(3-6)13(18)7-4-11-12(5-9(7)16)20-14(21)19-11/h1-5,13H,18H2,(H2,19,20,21). The van der Waals surface area contributed by atoms with Crippen LogP contribution in [0.2, 0.25) is 0 Å². The monoisotopic (exact) mass is 413 g/mol. The third-order valence-electron chi connectivity index (χ3n) is 3.26. The van der Waals surface area contributed by atoms with Crippen LogP contribution in [0.25, 0.3) is 11.0 Å². The molecular formula is C14H10Br2FN3O. The molecule has 3 aromatic rings. The topological polar surface area (TPSA) is 74.7 Å². The summed E-state index contributed by atoms with van der Waals surface area (Å²) in [6.07, 6.45) is 0. The smallest absolute Gasteiger partial charge is 0.320 e. The minimum absolute atomic E-state index is 0.295. The molecule has 1 heterocycles. The molecule has 4 N–H and O–H groups in total. The van der Waals surface area contributed by atoms with E-state index in [4.69, 9.17) is 5.73 Å². The molecule has 0 aliphatic rings. The van der Waals surface area contributed by atoms with E-state index >= 15 is 0 Å². The molecule has 0 aliphatic heterocycles. The molecule has 0 saturated heterocycles. The number of fused-ring (bicyclic) bond motifs is 1. The maximum absolute atomic E-state index is 14.0. The lowest BCUT2D eigenvalue weighted by Crippen LogP contribution is -2.14. The Morgan fingerprint density at radius 3 is 2.43 bits per heavy atom. The van der Waals surface area contributed by atoms with Gasteiger partial charge in [0.1, 0.15) is 5.82 Å². The lowest BCUT2D eigenvalue weighted by molar-refractivity contribution is 0.599. The summed E-state index contributed by atoms with van der Waals surface area (Å²) in [5.41, 5.74) is 8.26. The van der Waals surface area contributed by atoms with Gasteiger partial charge in [-0.15, -0.1) is 0 Å². The zero-order chi connectivity index (χ0) is 15.1. The Kier molecular flexibility index (Phi) is 3.73. The summed E-state index contributed by atoms with van der Waals surface area (Å²) in [6, 6.07) is 7.47. The van der Waals surface area contributed by atoms with Crippen molar-refractivity contribution in [2.45, 2.75) is 6.04 Å². The van der Waals surface area contributed by atoms with Gasteiger partial charge in [0.05, 0.1) is 17.1 Å². The molecule has 1 aromatic heterocycles. The van der Waals surface area contributed by atoms with Crippen molar-refractivity contribution in [2.24, 2.45) is 5.73 Å². The van der Waals surface area contributed by atoms with Crippen LogP contribution in [0.15, 0.2) is 44.1 Å². The van der Waals surface area contributed by atoms with Crippen molar-refractivity contribution in [3.63, 3.8) is 0 Å². The van der Waals surface area contributed by atoms with Crippen LogP contribution < -0.4 is 11.4 Å². The quantitative estimate of drug-likeness (QED) is 0.599. The maximum atomic E-state index is 14.0. The van der Waals surface area contributed by atoms with Crippen LogP contribution >= 0.6 is 31.9 Å². The van der Waals surface area contributed by atoms with Gasteiger partial charge in [0.15, 0.2) is 0 Å². The van der Waals surface area contributed by atoms with Crippen LogP contribution in [0.4, 0.5) is 4.39 Å². The first-order valence-corrected chi connectivity index (χ1v) is 7.66. The summed E-state index contributed by atoms with van der Waals surface area (Å²) in [6.45, 7) is 0. The number of nitrogens with two attached hydrogens (primary N) is 1. The molecule has 1 unspecified atom stereocenters. The van der Waals surface area contributed by atoms with E-state index in [-0.39, 0.29) is 11.5 Å². The van der Waals surface area contributed by atoms with Crippen molar-refractivity contribution in [3.05, 3.63) is 66.7 Å². The molecule has 0 aliphatic carbocycles. The normalized spacial score (nSPS) is 12.8. The predicted molar refractivity (Wildman–Crippen MR) is 86.7 cm³/mol. The molecule has 108 valence electrons. The molecule has 3 rings (SSSR count). The Morgan fingerprint density at radius 1 is 1.05 bits per heavy atom. The van der Waals surface area contributed by atoms with Gasteiger partial charge in [0.25, 0.3) is 0 Å². The van der Waals surface area contributed by atoms with E-state index in [1.54, 1.807) is 24.3 Å². The zero-order valence-corrected chi connectivity index (χ0v) is 13.8. The van der Waals surface area contributed by atoms with Crippen molar-refractivity contribution in [3.8, 4) is 0 Å². The Morgan fingerprint density at radius 2 is 1.71 bits per heavy atom. The van der Waals surface area contributed by atoms with Crippen LogP contribution in [0, 0.1) is 5.82 Å². The van der Waals surface area contributed by atoms with Crippen molar-refractivity contribution < 1.29 is 4.39 Å². The molecule has 0 saturated carbocycles. The molecule has 0 fully saturated rings. The van der Waals surface area contributed by atoms with Gasteiger partial charge in [-0.2, -0.15) is 0 Å². The van der Waals surface area contributed by atoms with Gasteiger partial charge >= 0.3 is 5.69 Å². The summed E-state index contributed by atoms with van der Waals surface area (Å²) in [5.74, 6) is -0.375. The van der Waals surface area contributed by atoms with Gasteiger partial charge in [0, 0.05) is 14.5 Å². The lowest BCUT2D eigenvalue weighted by atomic mass is 9.99. The van der Waals surface area contributed by atoms with Crippen LogP contribution in [-0.2, 0) is 0 Å². The molecule has 0 bridgehead atoms. The maximum Gasteiger partial charge on any atom is 0.323 e. The van der Waals surface area contributed by atoms with Crippen LogP contribution in [-0.4, -0.2) is 9.97 Å². The molecule has 4 nitrogen and oxygen atoms in total. The minimum Gasteiger partial charge on any atom is -0.320 e. The van der Waals surface area contributed by atoms with Gasteiger partial charge in [0.2, 0.25) is 0 Å². The molecule has 0 radical (unpaired) electrons. The predicted octanol–water partition coefficient (Wildman–Crippen LogP) is 3.57. The third-order valence-corrected chi connectivity index (χ3v) is 4.44. The fourth-order valence-corrected chi connectivity index (χ4v) is 3.20. The van der Waals surface area contributed by atoms with Crippen molar-refractivity contribution in [2.75, 3.05) is 0 Å². The number of nitrogens with one attached hydrogen (secondary N) is 2. The van der Waals surface area contributed by atoms with E-state index in [9.17, 15) is 9.18 Å². The van der Waals surface area contributed by atoms with E-state index in [2.05, 4.69) is 41.8 Å². The average Bonchev–Trinajstić information content (AvgIpc) is 2.79. The largest absolute Gasteiger partial charge is 0.323 e. The molecule has 1 atom stereocenters. The molecule has 0 amide bonds. The van der Waals surface area contributed by atoms with Gasteiger partial charge < -0.3 is 15.7 Å². The average molecular weight is 415 g/mol. The SMILES string of the molecule is NC(c1cc(Br)ccc1F)c1cc2[nH]c(=O)[nH]c2cc1Br. The highest BCUT2D eigenvalue weighted by molar-refractivity contribution is 9.10.